The topological polar surface area (TPSA) is 59.1 Å². The number of fused-ring (bicyclic) bond motifs is 3. The molecule has 0 spiro atoms. The first-order valence-electron chi connectivity index (χ1n) is 22.5. The molecule has 10 aromatic rings. The molecule has 1 N–H and O–H groups in total. The fraction of sp³-hybridized carbons (Fsp3) is 0.119. The molecular formula is C59H49N5O. The number of rotatable bonds is 12. The molecule has 7 aromatic carbocycles. The van der Waals surface area contributed by atoms with E-state index in [4.69, 9.17) is 9.40 Å². The van der Waals surface area contributed by atoms with Gasteiger partial charge in [-0.25, -0.2) is 4.98 Å². The van der Waals surface area contributed by atoms with Gasteiger partial charge < -0.3 is 19.2 Å². The van der Waals surface area contributed by atoms with Crippen LogP contribution in [0.3, 0.4) is 0 Å². The third kappa shape index (κ3) is 8.23. The summed E-state index contributed by atoms with van der Waals surface area (Å²) in [6, 6.07) is 61.6. The Morgan fingerprint density at radius 1 is 0.508 bits per heavy atom. The first-order chi connectivity index (χ1) is 32.0. The summed E-state index contributed by atoms with van der Waals surface area (Å²) in [7, 11) is 4.14. The van der Waals surface area contributed by atoms with E-state index in [0.717, 1.165) is 87.0 Å². The SMILES string of the molecule is CN1C=CNC1c1ccc(CCc2cc(CCc3ccc(-c4nccn4C)cc3)cc(-c3ccccc3-c3ccc(-c4cccc(-c5ccc6c(c5)oc5ccccc56)c4)nc3)c2)cc1. The van der Waals surface area contributed by atoms with Crippen molar-refractivity contribution in [1.29, 1.82) is 0 Å². The summed E-state index contributed by atoms with van der Waals surface area (Å²) in [5.74, 6) is 0.981. The highest BCUT2D eigenvalue weighted by Gasteiger charge is 2.17. The van der Waals surface area contributed by atoms with Gasteiger partial charge in [0.05, 0.1) is 5.69 Å². The van der Waals surface area contributed by atoms with Crippen LogP contribution in [0.2, 0.25) is 0 Å². The van der Waals surface area contributed by atoms with Gasteiger partial charge in [0.1, 0.15) is 23.2 Å². The molecular weight excluding hydrogens is 795 g/mol. The Labute approximate surface area is 380 Å². The maximum atomic E-state index is 6.22. The first-order valence-corrected chi connectivity index (χ1v) is 22.5. The molecule has 11 rings (SSSR count). The first kappa shape index (κ1) is 39.9. The predicted octanol–water partition coefficient (Wildman–Crippen LogP) is 13.6. The van der Waals surface area contributed by atoms with E-state index in [1.165, 1.54) is 44.5 Å². The molecule has 65 heavy (non-hydrogen) atoms. The molecule has 1 unspecified atom stereocenters. The van der Waals surface area contributed by atoms with Gasteiger partial charge in [-0.1, -0.05) is 140 Å². The number of aryl methyl sites for hydroxylation is 5. The summed E-state index contributed by atoms with van der Waals surface area (Å²) < 4.78 is 8.28. The van der Waals surface area contributed by atoms with Crippen LogP contribution in [-0.4, -0.2) is 26.5 Å². The van der Waals surface area contributed by atoms with Gasteiger partial charge >= 0.3 is 0 Å². The maximum Gasteiger partial charge on any atom is 0.139 e. The molecule has 1 aliphatic heterocycles. The van der Waals surface area contributed by atoms with Gasteiger partial charge in [-0.3, -0.25) is 4.98 Å². The van der Waals surface area contributed by atoms with Crippen LogP contribution in [0, 0.1) is 0 Å². The van der Waals surface area contributed by atoms with Crippen molar-refractivity contribution in [2.24, 2.45) is 7.05 Å². The van der Waals surface area contributed by atoms with E-state index in [1.54, 1.807) is 0 Å². The monoisotopic (exact) mass is 843 g/mol. The molecule has 316 valence electrons. The number of para-hydroxylation sites is 1. The molecule has 0 bridgehead atoms. The van der Waals surface area contributed by atoms with Crippen molar-refractivity contribution < 1.29 is 4.42 Å². The molecule has 6 heteroatoms. The number of aromatic nitrogens is 3. The molecule has 4 heterocycles. The number of nitrogens with one attached hydrogen (secondary N) is 1. The maximum absolute atomic E-state index is 6.22. The highest BCUT2D eigenvalue weighted by atomic mass is 16.3. The Hall–Kier alpha value is -7.96. The normalized spacial score (nSPS) is 13.5. The van der Waals surface area contributed by atoms with Gasteiger partial charge in [-0.2, -0.15) is 0 Å². The summed E-state index contributed by atoms with van der Waals surface area (Å²) in [6.07, 6.45) is 13.9. The zero-order valence-electron chi connectivity index (χ0n) is 36.7. The Morgan fingerprint density at radius 2 is 1.15 bits per heavy atom. The fourth-order valence-corrected chi connectivity index (χ4v) is 9.38. The minimum atomic E-state index is 0.183. The van der Waals surface area contributed by atoms with Crippen LogP contribution >= 0.6 is 0 Å². The summed E-state index contributed by atoms with van der Waals surface area (Å²) in [5.41, 5.74) is 18.5. The minimum absolute atomic E-state index is 0.183. The second-order valence-corrected chi connectivity index (χ2v) is 17.3. The van der Waals surface area contributed by atoms with Gasteiger partial charge in [0.25, 0.3) is 0 Å². The third-order valence-electron chi connectivity index (χ3n) is 12.9. The van der Waals surface area contributed by atoms with Gasteiger partial charge in [0.15, 0.2) is 0 Å². The zero-order valence-corrected chi connectivity index (χ0v) is 36.7. The molecule has 3 aromatic heterocycles. The number of hydrogen-bond donors (Lipinski definition) is 1. The number of hydrogen-bond acceptors (Lipinski definition) is 5. The van der Waals surface area contributed by atoms with Gasteiger partial charge in [-0.05, 0) is 112 Å². The molecule has 6 nitrogen and oxygen atoms in total. The van der Waals surface area contributed by atoms with E-state index in [9.17, 15) is 0 Å². The standard InChI is InChI=1S/C59H49N5O/c1-63-32-30-60-58(63)44-22-18-40(19-23-44)14-16-42-34-43(17-15-41-20-24-45(25-21-41)59-61-31-33-64(59)2)36-50(35-42)52-11-4-3-10-51(52)49-27-29-55(62-39-49)48-9-7-8-46(37-48)47-26-28-54-53-12-5-6-13-56(53)65-57(54)38-47/h3-13,18-39,58,60H,14-17H2,1-2H3. The molecule has 0 amide bonds. The predicted molar refractivity (Wildman–Crippen MR) is 266 cm³/mol. The number of benzene rings is 7. The lowest BCUT2D eigenvalue weighted by Gasteiger charge is -2.21. The van der Waals surface area contributed by atoms with E-state index in [-0.39, 0.29) is 6.17 Å². The van der Waals surface area contributed by atoms with E-state index in [2.05, 4.69) is 191 Å². The Morgan fingerprint density at radius 3 is 1.86 bits per heavy atom. The van der Waals surface area contributed by atoms with Crippen LogP contribution in [0.25, 0.3) is 78.0 Å². The second kappa shape index (κ2) is 17.3. The van der Waals surface area contributed by atoms with Crippen molar-refractivity contribution in [2.45, 2.75) is 31.8 Å². The average Bonchev–Trinajstić information content (AvgIpc) is 4.10. The fourth-order valence-electron chi connectivity index (χ4n) is 9.38. The van der Waals surface area contributed by atoms with Crippen LogP contribution in [-0.2, 0) is 32.7 Å². The van der Waals surface area contributed by atoms with E-state index >= 15 is 0 Å². The number of pyridine rings is 1. The average molecular weight is 844 g/mol. The Kier molecular flexibility index (Phi) is 10.6. The summed E-state index contributed by atoms with van der Waals surface area (Å²) in [6.45, 7) is 0. The third-order valence-corrected chi connectivity index (χ3v) is 12.9. The molecule has 0 saturated carbocycles. The van der Waals surface area contributed by atoms with Crippen molar-refractivity contribution in [1.82, 2.24) is 24.8 Å². The summed E-state index contributed by atoms with van der Waals surface area (Å²) >= 11 is 0. The van der Waals surface area contributed by atoms with Crippen LogP contribution < -0.4 is 5.32 Å². The van der Waals surface area contributed by atoms with Crippen LogP contribution in [0.15, 0.2) is 205 Å². The lowest BCUT2D eigenvalue weighted by molar-refractivity contribution is 0.340. The molecule has 0 fully saturated rings. The van der Waals surface area contributed by atoms with E-state index in [1.807, 2.05) is 44.0 Å². The van der Waals surface area contributed by atoms with Crippen molar-refractivity contribution in [2.75, 3.05) is 7.05 Å². The van der Waals surface area contributed by atoms with Crippen molar-refractivity contribution in [3.63, 3.8) is 0 Å². The molecule has 1 aliphatic rings. The smallest absolute Gasteiger partial charge is 0.139 e. The summed E-state index contributed by atoms with van der Waals surface area (Å²) in [5, 5.41) is 5.71. The quantitative estimate of drug-likeness (QED) is 0.133. The van der Waals surface area contributed by atoms with Gasteiger partial charge in [0.2, 0.25) is 0 Å². The highest BCUT2D eigenvalue weighted by Crippen LogP contribution is 2.36. The second-order valence-electron chi connectivity index (χ2n) is 17.3. The molecule has 1 atom stereocenters. The minimum Gasteiger partial charge on any atom is -0.456 e. The van der Waals surface area contributed by atoms with Crippen molar-refractivity contribution in [3.8, 4) is 56.0 Å². The Balaban J connectivity index is 0.866. The van der Waals surface area contributed by atoms with Crippen molar-refractivity contribution in [3.05, 3.63) is 229 Å². The zero-order chi connectivity index (χ0) is 43.7. The number of furan rings is 1. The van der Waals surface area contributed by atoms with E-state index < -0.39 is 0 Å². The van der Waals surface area contributed by atoms with Crippen LogP contribution in [0.1, 0.15) is 34.0 Å². The van der Waals surface area contributed by atoms with Crippen molar-refractivity contribution >= 4 is 21.9 Å². The highest BCUT2D eigenvalue weighted by molar-refractivity contribution is 6.05. The van der Waals surface area contributed by atoms with Gasteiger partial charge in [-0.15, -0.1) is 0 Å². The Bertz CT molecular complexity index is 3320. The summed E-state index contributed by atoms with van der Waals surface area (Å²) in [4.78, 5) is 11.8. The lowest BCUT2D eigenvalue weighted by atomic mass is 9.90. The lowest BCUT2D eigenvalue weighted by Crippen LogP contribution is -2.23. The molecule has 0 radical (unpaired) electrons. The van der Waals surface area contributed by atoms with Gasteiger partial charge in [0, 0.05) is 72.5 Å². The number of nitrogens with zero attached hydrogens (tertiary/aromatic N) is 4. The van der Waals surface area contributed by atoms with Crippen LogP contribution in [0.5, 0.6) is 0 Å². The molecule has 0 aliphatic carbocycles. The number of imidazole rings is 1. The van der Waals surface area contributed by atoms with Crippen LogP contribution in [0.4, 0.5) is 0 Å². The molecule has 0 saturated heterocycles. The largest absolute Gasteiger partial charge is 0.456 e. The van der Waals surface area contributed by atoms with E-state index in [0.29, 0.717) is 0 Å².